The Morgan fingerprint density at radius 3 is 1.68 bits per heavy atom. The van der Waals surface area contributed by atoms with Gasteiger partial charge in [-0.05, 0) is 69.3 Å². The molecule has 6 aromatic rings. The Hall–Kier alpha value is -4.40. The molecule has 41 heavy (non-hydrogen) atoms. The number of para-hydroxylation sites is 2. The first-order chi connectivity index (χ1) is 19.9. The van der Waals surface area contributed by atoms with E-state index in [1.807, 2.05) is 79.7 Å². The number of benzene rings is 2. The van der Waals surface area contributed by atoms with Crippen LogP contribution < -0.4 is 10.6 Å². The van der Waals surface area contributed by atoms with Crippen LogP contribution in [0.1, 0.15) is 37.4 Å². The number of carbonyl (C=O) groups excluding carboxylic acids is 2. The monoisotopic (exact) mass is 576 g/mol. The molecular weight excluding hydrogens is 549 g/mol. The zero-order valence-electron chi connectivity index (χ0n) is 22.9. The highest BCUT2D eigenvalue weighted by molar-refractivity contribution is 7.15. The van der Waals surface area contributed by atoms with E-state index in [0.717, 1.165) is 42.9 Å². The van der Waals surface area contributed by atoms with E-state index in [4.69, 9.17) is 9.97 Å². The van der Waals surface area contributed by atoms with Crippen LogP contribution in [0.2, 0.25) is 0 Å². The number of fused-ring (bicyclic) bond motifs is 2. The molecule has 2 N–H and O–H groups in total. The van der Waals surface area contributed by atoms with Crippen molar-refractivity contribution in [1.29, 1.82) is 0 Å². The number of rotatable bonds is 7. The largest absolute Gasteiger partial charge is 0.350 e. The molecule has 1 atom stereocenters. The number of hydrogen-bond donors (Lipinski definition) is 2. The zero-order valence-corrected chi connectivity index (χ0v) is 24.5. The van der Waals surface area contributed by atoms with Crippen LogP contribution in [-0.4, -0.2) is 34.4 Å². The molecule has 0 saturated heterocycles. The molecule has 0 aliphatic rings. The average molecular weight is 577 g/mol. The second kappa shape index (κ2) is 11.2. The maximum absolute atomic E-state index is 13.5. The molecule has 0 saturated carbocycles. The summed E-state index contributed by atoms with van der Waals surface area (Å²) in [4.78, 5) is 40.9. The van der Waals surface area contributed by atoms with E-state index in [9.17, 15) is 9.59 Å². The van der Waals surface area contributed by atoms with Crippen LogP contribution in [0.3, 0.4) is 0 Å². The summed E-state index contributed by atoms with van der Waals surface area (Å²) in [6.07, 6.45) is 0. The zero-order chi connectivity index (χ0) is 28.5. The number of thiophene rings is 2. The fourth-order valence-corrected chi connectivity index (χ4v) is 6.47. The number of carbonyl (C=O) groups is 2. The smallest absolute Gasteiger partial charge is 0.252 e. The lowest BCUT2D eigenvalue weighted by atomic mass is 10.1. The number of aryl methyl sites for hydroxylation is 2. The van der Waals surface area contributed by atoms with Crippen LogP contribution in [0.4, 0.5) is 0 Å². The van der Waals surface area contributed by atoms with Crippen molar-refractivity contribution in [2.45, 2.75) is 26.8 Å². The first kappa shape index (κ1) is 26.8. The Morgan fingerprint density at radius 1 is 0.707 bits per heavy atom. The molecule has 204 valence electrons. The van der Waals surface area contributed by atoms with Crippen molar-refractivity contribution in [3.05, 3.63) is 106 Å². The van der Waals surface area contributed by atoms with Crippen molar-refractivity contribution in [2.24, 2.45) is 0 Å². The van der Waals surface area contributed by atoms with Gasteiger partial charge in [0.15, 0.2) is 0 Å². The fraction of sp³-hybridized carbons (Fsp3) is 0.152. The maximum Gasteiger partial charge on any atom is 0.252 e. The van der Waals surface area contributed by atoms with Crippen molar-refractivity contribution < 1.29 is 9.59 Å². The Balaban J connectivity index is 1.21. The van der Waals surface area contributed by atoms with E-state index < -0.39 is 0 Å². The van der Waals surface area contributed by atoms with Gasteiger partial charge in [0.25, 0.3) is 11.8 Å². The molecule has 4 heterocycles. The number of amides is 2. The van der Waals surface area contributed by atoms with Gasteiger partial charge in [0, 0.05) is 33.1 Å². The minimum absolute atomic E-state index is 0.204. The van der Waals surface area contributed by atoms with Gasteiger partial charge in [0.05, 0.1) is 43.3 Å². The summed E-state index contributed by atoms with van der Waals surface area (Å²) < 4.78 is 0. The summed E-state index contributed by atoms with van der Waals surface area (Å²) in [5.74, 6) is -0.409. The maximum atomic E-state index is 13.5. The van der Waals surface area contributed by atoms with Gasteiger partial charge in [-0.3, -0.25) is 9.59 Å². The van der Waals surface area contributed by atoms with Gasteiger partial charge >= 0.3 is 0 Å². The number of nitrogens with one attached hydrogen (secondary N) is 2. The minimum atomic E-state index is -0.307. The van der Waals surface area contributed by atoms with Crippen molar-refractivity contribution in [2.75, 3.05) is 6.54 Å². The quantitative estimate of drug-likeness (QED) is 0.207. The van der Waals surface area contributed by atoms with Gasteiger partial charge < -0.3 is 10.6 Å². The first-order valence-electron chi connectivity index (χ1n) is 13.4. The summed E-state index contributed by atoms with van der Waals surface area (Å²) in [5, 5.41) is 7.67. The third-order valence-electron chi connectivity index (χ3n) is 6.85. The van der Waals surface area contributed by atoms with Crippen molar-refractivity contribution in [3.8, 4) is 21.1 Å². The lowest BCUT2D eigenvalue weighted by Crippen LogP contribution is -2.42. The summed E-state index contributed by atoms with van der Waals surface area (Å²) >= 11 is 3.30. The van der Waals surface area contributed by atoms with Gasteiger partial charge in [-0.15, -0.1) is 22.7 Å². The molecule has 6 rings (SSSR count). The number of nitrogens with zero attached hydrogens (tertiary/aromatic N) is 2. The number of pyridine rings is 2. The van der Waals surface area contributed by atoms with Gasteiger partial charge in [-0.25, -0.2) is 9.97 Å². The molecule has 0 fully saturated rings. The van der Waals surface area contributed by atoms with E-state index in [2.05, 4.69) is 36.6 Å². The Morgan fingerprint density at radius 2 is 1.20 bits per heavy atom. The topological polar surface area (TPSA) is 84.0 Å². The normalized spacial score (nSPS) is 12.0. The van der Waals surface area contributed by atoms with E-state index in [1.54, 1.807) is 22.7 Å². The lowest BCUT2D eigenvalue weighted by Gasteiger charge is -2.17. The van der Waals surface area contributed by atoms with E-state index in [-0.39, 0.29) is 24.4 Å². The van der Waals surface area contributed by atoms with Crippen LogP contribution in [0.15, 0.2) is 84.9 Å². The van der Waals surface area contributed by atoms with E-state index in [1.165, 1.54) is 9.75 Å². The highest BCUT2D eigenvalue weighted by Gasteiger charge is 2.19. The molecule has 0 aliphatic carbocycles. The molecule has 0 spiro atoms. The summed E-state index contributed by atoms with van der Waals surface area (Å²) in [6, 6.07) is 26.9. The SMILES string of the molecule is Cc1ccc(-c2cc(C(=O)NCC(C)NC(=O)c3cc(-c4ccc(C)s4)nc4ccccc34)c3ccccc3n2)s1. The molecule has 6 nitrogen and oxygen atoms in total. The van der Waals surface area contributed by atoms with Crippen molar-refractivity contribution in [1.82, 2.24) is 20.6 Å². The third-order valence-corrected chi connectivity index (χ3v) is 8.90. The summed E-state index contributed by atoms with van der Waals surface area (Å²) in [5.41, 5.74) is 4.20. The summed E-state index contributed by atoms with van der Waals surface area (Å²) in [6.45, 7) is 6.26. The van der Waals surface area contributed by atoms with Gasteiger partial charge in [-0.1, -0.05) is 36.4 Å². The van der Waals surface area contributed by atoms with E-state index >= 15 is 0 Å². The molecule has 1 unspecified atom stereocenters. The number of aromatic nitrogens is 2. The molecule has 0 radical (unpaired) electrons. The van der Waals surface area contributed by atoms with Gasteiger partial charge in [0.2, 0.25) is 0 Å². The van der Waals surface area contributed by atoms with Crippen LogP contribution in [0.25, 0.3) is 42.9 Å². The standard InChI is InChI=1S/C33H28N4O2S2/c1-19(35-33(39)25-17-29(31-15-13-21(3)41-31)37-27-11-7-5-9-23(25)27)18-34-32(38)24-16-28(30-14-12-20(2)40-30)36-26-10-6-4-8-22(24)26/h4-17,19H,18H2,1-3H3,(H,34,38)(H,35,39). The van der Waals surface area contributed by atoms with Gasteiger partial charge in [-0.2, -0.15) is 0 Å². The first-order valence-corrected chi connectivity index (χ1v) is 15.0. The Kier molecular flexibility index (Phi) is 7.34. The number of hydrogen-bond acceptors (Lipinski definition) is 6. The van der Waals surface area contributed by atoms with Crippen LogP contribution in [0, 0.1) is 13.8 Å². The van der Waals surface area contributed by atoms with Crippen LogP contribution >= 0.6 is 22.7 Å². The molecule has 0 bridgehead atoms. The molecule has 2 amide bonds. The Bertz CT molecular complexity index is 1920. The van der Waals surface area contributed by atoms with Crippen LogP contribution in [0.5, 0.6) is 0 Å². The fourth-order valence-electron chi connectivity index (χ4n) is 4.82. The summed E-state index contributed by atoms with van der Waals surface area (Å²) in [7, 11) is 0. The average Bonchev–Trinajstić information content (AvgIpc) is 3.62. The minimum Gasteiger partial charge on any atom is -0.350 e. The van der Waals surface area contributed by atoms with Gasteiger partial charge in [0.1, 0.15) is 0 Å². The highest BCUT2D eigenvalue weighted by Crippen LogP contribution is 2.31. The van der Waals surface area contributed by atoms with Crippen LogP contribution in [-0.2, 0) is 0 Å². The highest BCUT2D eigenvalue weighted by atomic mass is 32.1. The van der Waals surface area contributed by atoms with E-state index in [0.29, 0.717) is 11.1 Å². The molecule has 2 aromatic carbocycles. The molecule has 4 aromatic heterocycles. The third kappa shape index (κ3) is 5.62. The second-order valence-electron chi connectivity index (χ2n) is 10.0. The molecule has 0 aliphatic heterocycles. The Labute approximate surface area is 246 Å². The molecule has 8 heteroatoms. The van der Waals surface area contributed by atoms with Crippen molar-refractivity contribution >= 4 is 56.3 Å². The predicted molar refractivity (Wildman–Crippen MR) is 169 cm³/mol. The second-order valence-corrected chi connectivity index (χ2v) is 12.6. The van der Waals surface area contributed by atoms with Crippen molar-refractivity contribution in [3.63, 3.8) is 0 Å². The predicted octanol–water partition coefficient (Wildman–Crippen LogP) is 7.41. The lowest BCUT2D eigenvalue weighted by molar-refractivity contribution is 0.0914. The molecular formula is C33H28N4O2S2.